The first-order valence-corrected chi connectivity index (χ1v) is 13.8. The van der Waals surface area contributed by atoms with Crippen molar-refractivity contribution in [3.05, 3.63) is 30.1 Å². The number of hydrogen-bond donors (Lipinski definition) is 0. The zero-order valence-electron chi connectivity index (χ0n) is 18.6. The minimum atomic E-state index is -3.05. The fourth-order valence-corrected chi connectivity index (χ4v) is 7.04. The minimum absolute atomic E-state index is 0.0444. The summed E-state index contributed by atoms with van der Waals surface area (Å²) in [6, 6.07) is 7.62. The van der Waals surface area contributed by atoms with Crippen LogP contribution in [0.1, 0.15) is 26.1 Å². The maximum atomic E-state index is 13.3. The second kappa shape index (κ2) is 10.0. The number of carbonyl (C=O) groups is 1. The number of para-hydroxylation sites is 1. The number of morpholine rings is 1. The highest BCUT2D eigenvalue weighted by molar-refractivity contribution is 8.00. The lowest BCUT2D eigenvalue weighted by Gasteiger charge is -2.29. The highest BCUT2D eigenvalue weighted by Crippen LogP contribution is 2.31. The maximum absolute atomic E-state index is 13.3. The number of thioether (sulfide) groups is 1. The molecule has 0 bridgehead atoms. The molecule has 4 rings (SSSR count). The van der Waals surface area contributed by atoms with E-state index >= 15 is 0 Å². The van der Waals surface area contributed by atoms with E-state index in [1.807, 2.05) is 38.1 Å². The molecule has 8 nitrogen and oxygen atoms in total. The summed E-state index contributed by atoms with van der Waals surface area (Å²) < 4.78 is 29.3. The molecule has 1 aromatic heterocycles. The van der Waals surface area contributed by atoms with Crippen LogP contribution in [-0.2, 0) is 25.9 Å². The number of fused-ring (bicyclic) bond motifs is 1. The van der Waals surface area contributed by atoms with Crippen molar-refractivity contribution in [1.82, 2.24) is 19.8 Å². The zero-order valence-corrected chi connectivity index (χ0v) is 20.2. The largest absolute Gasteiger partial charge is 0.379 e. The number of amides is 1. The summed E-state index contributed by atoms with van der Waals surface area (Å²) in [5.41, 5.74) is 0.863. The van der Waals surface area contributed by atoms with Gasteiger partial charge in [-0.05, 0) is 26.3 Å². The average Bonchev–Trinajstić information content (AvgIpc) is 3.14. The van der Waals surface area contributed by atoms with Crippen molar-refractivity contribution < 1.29 is 17.9 Å². The number of carbonyl (C=O) groups excluding carboxylic acids is 1. The molecule has 0 spiro atoms. The molecule has 1 aromatic carbocycles. The van der Waals surface area contributed by atoms with Gasteiger partial charge in [-0.1, -0.05) is 30.0 Å². The van der Waals surface area contributed by atoms with Crippen molar-refractivity contribution in [2.45, 2.75) is 43.1 Å². The number of hydrogen-bond acceptors (Lipinski definition) is 8. The first kappa shape index (κ1) is 23.4. The van der Waals surface area contributed by atoms with Crippen LogP contribution in [0.4, 0.5) is 0 Å². The molecule has 2 fully saturated rings. The van der Waals surface area contributed by atoms with E-state index in [0.717, 1.165) is 34.8 Å². The van der Waals surface area contributed by atoms with Gasteiger partial charge in [-0.15, -0.1) is 0 Å². The Morgan fingerprint density at radius 2 is 2.03 bits per heavy atom. The summed E-state index contributed by atoms with van der Waals surface area (Å²) in [5.74, 6) is 0.910. The van der Waals surface area contributed by atoms with Gasteiger partial charge in [0.15, 0.2) is 9.84 Å². The Bertz CT molecular complexity index is 1070. The van der Waals surface area contributed by atoms with Crippen molar-refractivity contribution in [1.29, 1.82) is 0 Å². The minimum Gasteiger partial charge on any atom is -0.379 e. The molecule has 0 radical (unpaired) electrons. The monoisotopic (exact) mass is 478 g/mol. The average molecular weight is 479 g/mol. The van der Waals surface area contributed by atoms with Crippen molar-refractivity contribution in [2.75, 3.05) is 44.4 Å². The molecular weight excluding hydrogens is 448 g/mol. The summed E-state index contributed by atoms with van der Waals surface area (Å²) in [6.07, 6.45) is 0.513. The van der Waals surface area contributed by atoms with Gasteiger partial charge in [0, 0.05) is 31.1 Å². The number of nitrogens with zero attached hydrogens (tertiary/aromatic N) is 4. The number of benzene rings is 1. The van der Waals surface area contributed by atoms with Crippen LogP contribution in [0.15, 0.2) is 29.3 Å². The molecule has 0 aliphatic carbocycles. The fraction of sp³-hybridized carbons (Fsp3) is 0.591. The predicted molar refractivity (Wildman–Crippen MR) is 125 cm³/mol. The highest BCUT2D eigenvalue weighted by Gasteiger charge is 2.35. The van der Waals surface area contributed by atoms with Gasteiger partial charge in [0.05, 0.1) is 42.0 Å². The van der Waals surface area contributed by atoms with Crippen LogP contribution in [0.2, 0.25) is 0 Å². The van der Waals surface area contributed by atoms with E-state index < -0.39 is 9.84 Å². The van der Waals surface area contributed by atoms with E-state index in [-0.39, 0.29) is 28.7 Å². The standard InChI is InChI=1S/C22H30N4O4S2/c1-3-26(17-8-13-32(28,29)15-17)22(27)16(2)31-21-18-6-4-5-7-19(18)23-20(24-21)14-25-9-11-30-12-10-25/h4-7,16-17H,3,8-15H2,1-2H3/t16-,17+/m1/s1. The van der Waals surface area contributed by atoms with Crippen molar-refractivity contribution >= 4 is 38.4 Å². The van der Waals surface area contributed by atoms with E-state index in [0.29, 0.717) is 32.7 Å². The molecule has 0 N–H and O–H groups in total. The molecule has 0 saturated carbocycles. The van der Waals surface area contributed by atoms with E-state index in [4.69, 9.17) is 14.7 Å². The van der Waals surface area contributed by atoms with E-state index in [9.17, 15) is 13.2 Å². The summed E-state index contributed by atoms with van der Waals surface area (Å²) >= 11 is 1.42. The molecule has 2 saturated heterocycles. The SMILES string of the molecule is CCN(C(=O)[C@@H](C)Sc1nc(CN2CCOCC2)nc2ccccc12)[C@H]1CCS(=O)(=O)C1. The fourth-order valence-electron chi connectivity index (χ4n) is 4.28. The van der Waals surface area contributed by atoms with E-state index in [1.54, 1.807) is 4.90 Å². The van der Waals surface area contributed by atoms with Crippen LogP contribution < -0.4 is 0 Å². The van der Waals surface area contributed by atoms with Gasteiger partial charge in [0.2, 0.25) is 5.91 Å². The Morgan fingerprint density at radius 1 is 1.28 bits per heavy atom. The summed E-state index contributed by atoms with van der Waals surface area (Å²) in [5, 5.41) is 1.33. The van der Waals surface area contributed by atoms with Gasteiger partial charge in [-0.25, -0.2) is 18.4 Å². The van der Waals surface area contributed by atoms with Gasteiger partial charge >= 0.3 is 0 Å². The predicted octanol–water partition coefficient (Wildman–Crippen LogP) is 1.98. The Kier molecular flexibility index (Phi) is 7.34. The van der Waals surface area contributed by atoms with Gasteiger partial charge in [0.1, 0.15) is 10.9 Å². The quantitative estimate of drug-likeness (QED) is 0.441. The van der Waals surface area contributed by atoms with E-state index in [2.05, 4.69) is 4.90 Å². The van der Waals surface area contributed by atoms with Gasteiger partial charge in [-0.3, -0.25) is 9.69 Å². The number of rotatable bonds is 7. The molecule has 1 amide bonds. The lowest BCUT2D eigenvalue weighted by Crippen LogP contribution is -2.44. The van der Waals surface area contributed by atoms with Crippen LogP contribution in [0.3, 0.4) is 0 Å². The normalized spacial score (nSPS) is 22.1. The van der Waals surface area contributed by atoms with Gasteiger partial charge in [0.25, 0.3) is 0 Å². The topological polar surface area (TPSA) is 92.7 Å². The first-order valence-electron chi connectivity index (χ1n) is 11.1. The lowest BCUT2D eigenvalue weighted by atomic mass is 10.2. The smallest absolute Gasteiger partial charge is 0.236 e. The molecule has 10 heteroatoms. The third kappa shape index (κ3) is 5.41. The number of sulfone groups is 1. The van der Waals surface area contributed by atoms with Crippen molar-refractivity contribution in [2.24, 2.45) is 0 Å². The first-order chi connectivity index (χ1) is 15.4. The molecule has 2 aliphatic heterocycles. The third-order valence-electron chi connectivity index (χ3n) is 5.99. The summed E-state index contributed by atoms with van der Waals surface area (Å²) in [6.45, 7) is 8.04. The van der Waals surface area contributed by atoms with Crippen LogP contribution in [0.5, 0.6) is 0 Å². The third-order valence-corrected chi connectivity index (χ3v) is 8.83. The summed E-state index contributed by atoms with van der Waals surface area (Å²) in [7, 11) is -3.05. The lowest BCUT2D eigenvalue weighted by molar-refractivity contribution is -0.131. The maximum Gasteiger partial charge on any atom is 0.236 e. The molecule has 2 aliphatic rings. The number of ether oxygens (including phenoxy) is 1. The highest BCUT2D eigenvalue weighted by atomic mass is 32.2. The summed E-state index contributed by atoms with van der Waals surface area (Å²) in [4.78, 5) is 26.8. The zero-order chi connectivity index (χ0) is 22.7. The Balaban J connectivity index is 1.54. The molecule has 32 heavy (non-hydrogen) atoms. The Hall–Kier alpha value is -1.75. The van der Waals surface area contributed by atoms with Crippen LogP contribution >= 0.6 is 11.8 Å². The molecule has 2 atom stereocenters. The molecule has 174 valence electrons. The van der Waals surface area contributed by atoms with Crippen molar-refractivity contribution in [3.63, 3.8) is 0 Å². The van der Waals surface area contributed by atoms with Crippen molar-refractivity contribution in [3.8, 4) is 0 Å². The second-order valence-electron chi connectivity index (χ2n) is 8.29. The van der Waals surface area contributed by atoms with Gasteiger partial charge < -0.3 is 9.64 Å². The number of aromatic nitrogens is 2. The molecule has 0 unspecified atom stereocenters. The molecular formula is C22H30N4O4S2. The van der Waals surface area contributed by atoms with Crippen LogP contribution in [0, 0.1) is 0 Å². The van der Waals surface area contributed by atoms with Crippen LogP contribution in [0.25, 0.3) is 10.9 Å². The van der Waals surface area contributed by atoms with Crippen LogP contribution in [-0.4, -0.2) is 89.7 Å². The second-order valence-corrected chi connectivity index (χ2v) is 11.9. The molecule has 2 aromatic rings. The Labute approximate surface area is 193 Å². The van der Waals surface area contributed by atoms with E-state index in [1.165, 1.54) is 11.8 Å². The Morgan fingerprint density at radius 3 is 2.72 bits per heavy atom. The van der Waals surface area contributed by atoms with Gasteiger partial charge in [-0.2, -0.15) is 0 Å². The molecule has 3 heterocycles.